The van der Waals surface area contributed by atoms with E-state index in [9.17, 15) is 0 Å². The third-order valence-corrected chi connectivity index (χ3v) is 5.72. The Kier molecular flexibility index (Phi) is 3.43. The van der Waals surface area contributed by atoms with Crippen LogP contribution in [0, 0.1) is 0 Å². The quantitative estimate of drug-likeness (QED) is 0.832. The number of ether oxygens (including phenoxy) is 1. The molecule has 3 aliphatic rings. The predicted molar refractivity (Wildman–Crippen MR) is 87.7 cm³/mol. The highest BCUT2D eigenvalue weighted by Gasteiger charge is 2.52. The van der Waals surface area contributed by atoms with Crippen LogP contribution in [0.25, 0.3) is 0 Å². The maximum atomic E-state index is 6.07. The van der Waals surface area contributed by atoms with E-state index in [0.29, 0.717) is 5.54 Å². The first-order valence-corrected chi connectivity index (χ1v) is 8.53. The molecule has 1 aliphatic carbocycles. The molecule has 3 fully saturated rings. The average molecular weight is 319 g/mol. The molecule has 6 nitrogen and oxygen atoms in total. The third kappa shape index (κ3) is 2.84. The molecule has 1 saturated carbocycles. The zero-order valence-electron chi connectivity index (χ0n) is 14.5. The Morgan fingerprint density at radius 2 is 1.96 bits per heavy atom. The summed E-state index contributed by atoms with van der Waals surface area (Å²) in [5.41, 5.74) is 0.615. The summed E-state index contributed by atoms with van der Waals surface area (Å²) in [4.78, 5) is 0. The molecule has 1 N–H and O–H groups in total. The van der Waals surface area contributed by atoms with Crippen molar-refractivity contribution in [3.05, 3.63) is 12.4 Å². The van der Waals surface area contributed by atoms with E-state index >= 15 is 0 Å². The minimum atomic E-state index is -0.353. The number of aromatic nitrogens is 2. The fourth-order valence-electron chi connectivity index (χ4n) is 3.10. The summed E-state index contributed by atoms with van der Waals surface area (Å²) in [6.45, 7) is 10.7. The largest absolute Gasteiger partial charge is 0.498 e. The first kappa shape index (κ1) is 15.6. The number of morpholine rings is 1. The van der Waals surface area contributed by atoms with Crippen molar-refractivity contribution >= 4 is 12.6 Å². The van der Waals surface area contributed by atoms with Gasteiger partial charge in [0.15, 0.2) is 0 Å². The van der Waals surface area contributed by atoms with Gasteiger partial charge in [-0.3, -0.25) is 4.68 Å². The number of nitrogens with one attached hydrogen (secondary N) is 1. The number of hydrogen-bond donors (Lipinski definition) is 1. The van der Waals surface area contributed by atoms with Crippen molar-refractivity contribution in [1.29, 1.82) is 0 Å². The third-order valence-electron chi connectivity index (χ3n) is 5.72. The Bertz CT molecular complexity index is 571. The minimum absolute atomic E-state index is 0.173. The Morgan fingerprint density at radius 3 is 2.52 bits per heavy atom. The number of nitrogens with zero attached hydrogens (tertiary/aromatic N) is 2. The lowest BCUT2D eigenvalue weighted by molar-refractivity contribution is -0.0134. The first-order chi connectivity index (χ1) is 10.8. The van der Waals surface area contributed by atoms with Gasteiger partial charge in [0, 0.05) is 29.9 Å². The molecule has 7 heteroatoms. The lowest BCUT2D eigenvalue weighted by atomic mass is 9.82. The highest BCUT2D eigenvalue weighted by Crippen LogP contribution is 2.38. The van der Waals surface area contributed by atoms with Crippen LogP contribution in [-0.2, 0) is 20.6 Å². The average Bonchev–Trinajstić information content (AvgIpc) is 2.98. The van der Waals surface area contributed by atoms with E-state index in [1.165, 1.54) is 12.8 Å². The van der Waals surface area contributed by atoms with Gasteiger partial charge in [0.1, 0.15) is 0 Å². The van der Waals surface area contributed by atoms with E-state index in [1.54, 1.807) is 0 Å². The van der Waals surface area contributed by atoms with Crippen LogP contribution in [0.1, 0.15) is 40.5 Å². The Balaban J connectivity index is 1.38. The van der Waals surface area contributed by atoms with E-state index < -0.39 is 0 Å². The van der Waals surface area contributed by atoms with Gasteiger partial charge in [-0.15, -0.1) is 0 Å². The van der Waals surface area contributed by atoms with Crippen molar-refractivity contribution in [1.82, 2.24) is 15.1 Å². The molecule has 0 unspecified atom stereocenters. The SMILES string of the molecule is CC1(C)OB(c2cnn(C[C@H]3CNC4(CC4)CO3)c2)OC1(C)C. The Labute approximate surface area is 138 Å². The molecule has 0 bridgehead atoms. The van der Waals surface area contributed by atoms with Crippen LogP contribution >= 0.6 is 0 Å². The molecule has 2 aliphatic heterocycles. The molecule has 126 valence electrons. The second-order valence-electron chi connectivity index (χ2n) is 8.18. The zero-order valence-corrected chi connectivity index (χ0v) is 14.5. The van der Waals surface area contributed by atoms with Crippen molar-refractivity contribution in [2.45, 2.75) is 69.9 Å². The van der Waals surface area contributed by atoms with Crippen LogP contribution in [0.4, 0.5) is 0 Å². The Morgan fingerprint density at radius 1 is 1.26 bits per heavy atom. The summed E-state index contributed by atoms with van der Waals surface area (Å²) in [7, 11) is -0.353. The predicted octanol–water partition coefficient (Wildman–Crippen LogP) is 0.703. The number of hydrogen-bond acceptors (Lipinski definition) is 5. The summed E-state index contributed by atoms with van der Waals surface area (Å²) in [5, 5.41) is 8.06. The fraction of sp³-hybridized carbons (Fsp3) is 0.812. The van der Waals surface area contributed by atoms with E-state index in [1.807, 2.05) is 17.1 Å². The highest BCUT2D eigenvalue weighted by molar-refractivity contribution is 6.61. The molecule has 1 atom stereocenters. The van der Waals surface area contributed by atoms with Crippen molar-refractivity contribution in [3.63, 3.8) is 0 Å². The maximum Gasteiger partial charge on any atom is 0.498 e. The molecule has 1 aromatic rings. The van der Waals surface area contributed by atoms with Gasteiger partial charge in [-0.2, -0.15) is 5.10 Å². The molecule has 0 amide bonds. The smallest absolute Gasteiger partial charge is 0.399 e. The van der Waals surface area contributed by atoms with Gasteiger partial charge in [-0.05, 0) is 40.5 Å². The van der Waals surface area contributed by atoms with Crippen LogP contribution in [0.2, 0.25) is 0 Å². The van der Waals surface area contributed by atoms with Crippen molar-refractivity contribution in [3.8, 4) is 0 Å². The molecular weight excluding hydrogens is 293 g/mol. The maximum absolute atomic E-state index is 6.07. The molecule has 1 aromatic heterocycles. The summed E-state index contributed by atoms with van der Waals surface area (Å²) in [6.07, 6.45) is 6.50. The summed E-state index contributed by atoms with van der Waals surface area (Å²) in [5.74, 6) is 0. The highest BCUT2D eigenvalue weighted by atomic mass is 16.7. The lowest BCUT2D eigenvalue weighted by Crippen LogP contribution is -2.49. The van der Waals surface area contributed by atoms with E-state index in [0.717, 1.165) is 25.2 Å². The topological polar surface area (TPSA) is 57.5 Å². The monoisotopic (exact) mass is 319 g/mol. The molecule has 2 saturated heterocycles. The van der Waals surface area contributed by atoms with Gasteiger partial charge in [-0.25, -0.2) is 0 Å². The molecule has 4 rings (SSSR count). The van der Waals surface area contributed by atoms with Gasteiger partial charge in [-0.1, -0.05) is 0 Å². The summed E-state index contributed by atoms with van der Waals surface area (Å²) >= 11 is 0. The van der Waals surface area contributed by atoms with E-state index in [4.69, 9.17) is 14.0 Å². The van der Waals surface area contributed by atoms with E-state index in [-0.39, 0.29) is 24.4 Å². The summed E-state index contributed by atoms with van der Waals surface area (Å²) in [6, 6.07) is 0. The van der Waals surface area contributed by atoms with Crippen molar-refractivity contribution in [2.24, 2.45) is 0 Å². The second-order valence-corrected chi connectivity index (χ2v) is 8.18. The second kappa shape index (κ2) is 5.05. The molecule has 0 radical (unpaired) electrons. The van der Waals surface area contributed by atoms with Gasteiger partial charge in [0.05, 0.1) is 30.5 Å². The zero-order chi connectivity index (χ0) is 16.3. The van der Waals surface area contributed by atoms with E-state index in [2.05, 4.69) is 38.1 Å². The molecule has 3 heterocycles. The van der Waals surface area contributed by atoms with Gasteiger partial charge < -0.3 is 19.4 Å². The Hall–Kier alpha value is -0.885. The molecule has 23 heavy (non-hydrogen) atoms. The van der Waals surface area contributed by atoms with Gasteiger partial charge in [0.25, 0.3) is 0 Å². The molecule has 0 aromatic carbocycles. The normalized spacial score (nSPS) is 30.8. The van der Waals surface area contributed by atoms with Crippen LogP contribution in [0.5, 0.6) is 0 Å². The fourth-order valence-corrected chi connectivity index (χ4v) is 3.10. The van der Waals surface area contributed by atoms with Gasteiger partial charge >= 0.3 is 7.12 Å². The first-order valence-electron chi connectivity index (χ1n) is 8.53. The van der Waals surface area contributed by atoms with Crippen molar-refractivity contribution in [2.75, 3.05) is 13.2 Å². The van der Waals surface area contributed by atoms with Crippen LogP contribution in [-0.4, -0.2) is 52.9 Å². The van der Waals surface area contributed by atoms with Crippen LogP contribution in [0.3, 0.4) is 0 Å². The lowest BCUT2D eigenvalue weighted by Gasteiger charge is -2.32. The van der Waals surface area contributed by atoms with Crippen LogP contribution in [0.15, 0.2) is 12.4 Å². The number of rotatable bonds is 3. The molecular formula is C16H26BN3O3. The van der Waals surface area contributed by atoms with Gasteiger partial charge in [0.2, 0.25) is 0 Å². The standard InChI is InChI=1S/C16H26BN3O3/c1-14(2)15(3,4)23-17(22-14)12-7-19-20(9-12)10-13-8-18-16(5-6-16)11-21-13/h7,9,13,18H,5-6,8,10-11H2,1-4H3/t13-/m1/s1. The minimum Gasteiger partial charge on any atom is -0.399 e. The summed E-state index contributed by atoms with van der Waals surface area (Å²) < 4.78 is 20.0. The van der Waals surface area contributed by atoms with Crippen LogP contribution < -0.4 is 10.8 Å². The molecule has 1 spiro atoms. The van der Waals surface area contributed by atoms with Crippen molar-refractivity contribution < 1.29 is 14.0 Å².